The third-order valence-corrected chi connectivity index (χ3v) is 6.71. The number of nitrogens with zero attached hydrogens (tertiary/aromatic N) is 1. The van der Waals surface area contributed by atoms with Gasteiger partial charge in [-0.15, -0.1) is 0 Å². The van der Waals surface area contributed by atoms with Crippen LogP contribution in [-0.2, 0) is 0 Å². The Labute approximate surface area is 271 Å². The highest BCUT2D eigenvalue weighted by Crippen LogP contribution is 2.20. The lowest BCUT2D eigenvalue weighted by molar-refractivity contribution is 1.21. The molecule has 0 atom stereocenters. The average molecular weight is 580 g/mol. The fraction of sp³-hybridized carbons (Fsp3) is 0. The van der Waals surface area contributed by atoms with Gasteiger partial charge in [0.05, 0.1) is 16.7 Å². The van der Waals surface area contributed by atoms with E-state index in [1.165, 1.54) is 0 Å². The zero-order valence-electron chi connectivity index (χ0n) is 24.9. The summed E-state index contributed by atoms with van der Waals surface area (Å²) in [4.78, 5) is 5.02. The number of hydrogen-bond donors (Lipinski definition) is 0. The molecule has 0 fully saturated rings. The summed E-state index contributed by atoms with van der Waals surface area (Å²) in [5, 5.41) is 0. The third-order valence-electron chi connectivity index (χ3n) is 6.71. The van der Waals surface area contributed by atoms with Crippen LogP contribution in [0.2, 0.25) is 0 Å². The number of pyridine rings is 1. The molecule has 1 heteroatoms. The molecule has 210 valence electrons. The lowest BCUT2D eigenvalue weighted by Gasteiger charge is -2.07. The van der Waals surface area contributed by atoms with E-state index < -0.39 is 0 Å². The molecule has 0 saturated heterocycles. The maximum atomic E-state index is 5.02. The van der Waals surface area contributed by atoms with E-state index in [0.29, 0.717) is 28.1 Å². The number of aromatic nitrogens is 1. The molecule has 46 heavy (non-hydrogen) atoms. The molecule has 0 N–H and O–H groups in total. The van der Waals surface area contributed by atoms with Crippen molar-refractivity contribution in [2.75, 3.05) is 0 Å². The number of benzene rings is 5. The van der Waals surface area contributed by atoms with Crippen LogP contribution in [0.25, 0.3) is 0 Å². The van der Waals surface area contributed by atoms with Gasteiger partial charge < -0.3 is 0 Å². The largest absolute Gasteiger partial charge is 0.228 e. The van der Waals surface area contributed by atoms with Gasteiger partial charge in [0.2, 0.25) is 0 Å². The first-order valence-corrected chi connectivity index (χ1v) is 14.8. The van der Waals surface area contributed by atoms with Gasteiger partial charge >= 0.3 is 0 Å². The van der Waals surface area contributed by atoms with E-state index >= 15 is 0 Å². The van der Waals surface area contributed by atoms with Crippen LogP contribution >= 0.6 is 0 Å². The highest BCUT2D eigenvalue weighted by atomic mass is 14.7. The molecule has 6 aromatic rings. The van der Waals surface area contributed by atoms with Crippen molar-refractivity contribution in [1.29, 1.82) is 0 Å². The summed E-state index contributed by atoms with van der Waals surface area (Å²) in [5.41, 5.74) is 7.20. The van der Waals surface area contributed by atoms with E-state index in [9.17, 15) is 0 Å². The van der Waals surface area contributed by atoms with Gasteiger partial charge in [-0.05, 0) is 72.5 Å². The predicted octanol–water partition coefficient (Wildman–Crippen LogP) is 8.08. The predicted molar refractivity (Wildman–Crippen MR) is 186 cm³/mol. The van der Waals surface area contributed by atoms with E-state index in [2.05, 4.69) is 59.2 Å². The van der Waals surface area contributed by atoms with Gasteiger partial charge in [-0.1, -0.05) is 138 Å². The standard InChI is InChI=1S/C45H25N/c1-6-16-36(17-7-1)26-31-41-42(32-27-37-18-8-2-9-19-37)44(34-29-39-22-12-4-13-23-39)46-45(35-30-40-24-14-5-15-25-40)43(41)33-28-38-20-10-3-11-21-38/h1-25H. The highest BCUT2D eigenvalue weighted by Gasteiger charge is 2.16. The van der Waals surface area contributed by atoms with E-state index in [1.54, 1.807) is 0 Å². The fourth-order valence-electron chi connectivity index (χ4n) is 4.41. The van der Waals surface area contributed by atoms with Gasteiger partial charge in [-0.25, -0.2) is 4.98 Å². The van der Waals surface area contributed by atoms with Crippen LogP contribution in [0.5, 0.6) is 0 Å². The normalized spacial score (nSPS) is 9.30. The van der Waals surface area contributed by atoms with Crippen LogP contribution in [0.1, 0.15) is 55.9 Å². The summed E-state index contributed by atoms with van der Waals surface area (Å²) in [7, 11) is 0. The number of rotatable bonds is 0. The summed E-state index contributed by atoms with van der Waals surface area (Å²) in [6, 6.07) is 49.2. The maximum Gasteiger partial charge on any atom is 0.132 e. The van der Waals surface area contributed by atoms with E-state index in [4.69, 9.17) is 4.98 Å². The quantitative estimate of drug-likeness (QED) is 0.166. The molecule has 0 unspecified atom stereocenters. The summed E-state index contributed by atoms with van der Waals surface area (Å²) in [6.07, 6.45) is 0. The second-order valence-corrected chi connectivity index (χ2v) is 10.0. The maximum absolute atomic E-state index is 5.02. The minimum absolute atomic E-state index is 0.493. The van der Waals surface area contributed by atoms with Crippen molar-refractivity contribution in [2.45, 2.75) is 0 Å². The first-order chi connectivity index (χ1) is 22.8. The molecule has 5 aromatic carbocycles. The summed E-state index contributed by atoms with van der Waals surface area (Å²) >= 11 is 0. The first-order valence-electron chi connectivity index (χ1n) is 14.8. The zero-order chi connectivity index (χ0) is 31.2. The van der Waals surface area contributed by atoms with Crippen LogP contribution in [0.3, 0.4) is 0 Å². The smallest absolute Gasteiger partial charge is 0.132 e. The van der Waals surface area contributed by atoms with Crippen molar-refractivity contribution >= 4 is 0 Å². The summed E-state index contributed by atoms with van der Waals surface area (Å²) in [5.74, 6) is 33.2. The third kappa shape index (κ3) is 7.90. The molecule has 0 radical (unpaired) electrons. The van der Waals surface area contributed by atoms with Gasteiger partial charge in [0.1, 0.15) is 11.4 Å². The van der Waals surface area contributed by atoms with Crippen molar-refractivity contribution < 1.29 is 0 Å². The zero-order valence-corrected chi connectivity index (χ0v) is 24.9. The van der Waals surface area contributed by atoms with Crippen LogP contribution in [0, 0.1) is 59.2 Å². The Morgan fingerprint density at radius 3 is 0.761 bits per heavy atom. The van der Waals surface area contributed by atoms with E-state index in [1.807, 2.05) is 152 Å². The minimum atomic E-state index is 0.493. The molecule has 0 aliphatic rings. The van der Waals surface area contributed by atoms with Crippen LogP contribution in [0.4, 0.5) is 0 Å². The molecule has 6 rings (SSSR count). The van der Waals surface area contributed by atoms with Gasteiger partial charge in [0, 0.05) is 27.8 Å². The molecule has 1 nitrogen and oxygen atoms in total. The summed E-state index contributed by atoms with van der Waals surface area (Å²) < 4.78 is 0. The van der Waals surface area contributed by atoms with Gasteiger partial charge in [-0.2, -0.15) is 0 Å². The van der Waals surface area contributed by atoms with E-state index in [0.717, 1.165) is 27.8 Å². The number of hydrogen-bond acceptors (Lipinski definition) is 1. The monoisotopic (exact) mass is 579 g/mol. The molecule has 0 bridgehead atoms. The second-order valence-electron chi connectivity index (χ2n) is 10.0. The van der Waals surface area contributed by atoms with Gasteiger partial charge in [-0.3, -0.25) is 0 Å². The lowest BCUT2D eigenvalue weighted by atomic mass is 9.97. The van der Waals surface area contributed by atoms with Gasteiger partial charge in [0.25, 0.3) is 0 Å². The molecule has 0 aliphatic carbocycles. The van der Waals surface area contributed by atoms with Crippen molar-refractivity contribution in [3.8, 4) is 59.2 Å². The molecule has 0 saturated carbocycles. The Kier molecular flexibility index (Phi) is 9.49. The molecule has 1 heterocycles. The van der Waals surface area contributed by atoms with Crippen molar-refractivity contribution in [3.63, 3.8) is 0 Å². The second kappa shape index (κ2) is 15.0. The Hall–Kier alpha value is -6.95. The molecule has 0 aliphatic heterocycles. The van der Waals surface area contributed by atoms with E-state index in [-0.39, 0.29) is 0 Å². The van der Waals surface area contributed by atoms with Crippen LogP contribution < -0.4 is 0 Å². The Morgan fingerprint density at radius 1 is 0.239 bits per heavy atom. The SMILES string of the molecule is C(#Cc1nc(C#Cc2ccccc2)c(C#Cc2ccccc2)c(C#Cc2ccccc2)c1C#Cc1ccccc1)c1ccccc1. The van der Waals surface area contributed by atoms with Gasteiger partial charge in [0.15, 0.2) is 0 Å². The molecule has 1 aromatic heterocycles. The minimum Gasteiger partial charge on any atom is -0.228 e. The molecular formula is C45H25N. The topological polar surface area (TPSA) is 12.9 Å². The lowest BCUT2D eigenvalue weighted by Crippen LogP contribution is -2.04. The van der Waals surface area contributed by atoms with Crippen molar-refractivity contribution in [2.24, 2.45) is 0 Å². The Balaban J connectivity index is 1.67. The highest BCUT2D eigenvalue weighted by molar-refractivity contribution is 5.69. The Bertz CT molecular complexity index is 2140. The molecule has 0 amide bonds. The van der Waals surface area contributed by atoms with Crippen LogP contribution in [-0.4, -0.2) is 4.98 Å². The molecule has 0 spiro atoms. The van der Waals surface area contributed by atoms with Crippen molar-refractivity contribution in [1.82, 2.24) is 4.98 Å². The first kappa shape index (κ1) is 29.1. The van der Waals surface area contributed by atoms with Crippen LogP contribution in [0.15, 0.2) is 152 Å². The fourth-order valence-corrected chi connectivity index (χ4v) is 4.41. The average Bonchev–Trinajstić information content (AvgIpc) is 3.13. The Morgan fingerprint density at radius 2 is 0.478 bits per heavy atom. The van der Waals surface area contributed by atoms with Crippen molar-refractivity contribution in [3.05, 3.63) is 208 Å². The summed E-state index contributed by atoms with van der Waals surface area (Å²) in [6.45, 7) is 0. The molecular weight excluding hydrogens is 555 g/mol.